The van der Waals surface area contributed by atoms with Crippen LogP contribution < -0.4 is 10.2 Å². The third-order valence-corrected chi connectivity index (χ3v) is 16.2. The standard InChI is InChI=1S/C61H42N2S2/c1-63-55-15-7-9-17-57(55)65-61(63)43-26-20-41(21-27-43)47-31-33-51-53(37-47)59(49-29-23-39-11-3-5-13-45(39)35-49)50-32-30-46(36-52(50)58(51)48-28-22-38-10-2-4-12-44(38)34-48)40-18-24-42(25-19-40)60-62-54-14-6-8-16-56(54)64-60/h2-37,60-62H,1H3. The van der Waals surface area contributed by atoms with Gasteiger partial charge in [-0.3, -0.25) is 0 Å². The summed E-state index contributed by atoms with van der Waals surface area (Å²) in [7, 11) is 2.21. The van der Waals surface area contributed by atoms with E-state index in [0.29, 0.717) is 0 Å². The molecule has 0 radical (unpaired) electrons. The zero-order chi connectivity index (χ0) is 43.0. The fraction of sp³-hybridized carbons (Fsp3) is 0.0492. The van der Waals surface area contributed by atoms with Crippen LogP contribution in [0.25, 0.3) is 87.6 Å². The van der Waals surface area contributed by atoms with E-state index in [0.717, 1.165) is 0 Å². The van der Waals surface area contributed by atoms with Crippen LogP contribution in [-0.2, 0) is 0 Å². The minimum Gasteiger partial charge on any atom is -0.368 e. The zero-order valence-corrected chi connectivity index (χ0v) is 37.3. The zero-order valence-electron chi connectivity index (χ0n) is 35.7. The highest BCUT2D eigenvalue weighted by Crippen LogP contribution is 2.51. The maximum absolute atomic E-state index is 3.72. The number of fused-ring (bicyclic) bond motifs is 6. The Morgan fingerprint density at radius 1 is 0.369 bits per heavy atom. The van der Waals surface area contributed by atoms with E-state index in [1.165, 1.54) is 120 Å². The van der Waals surface area contributed by atoms with E-state index in [2.05, 4.69) is 236 Å². The van der Waals surface area contributed by atoms with Crippen LogP contribution in [0.2, 0.25) is 0 Å². The summed E-state index contributed by atoms with van der Waals surface area (Å²) in [6, 6.07) is 81.5. The average molecular weight is 867 g/mol. The highest BCUT2D eigenvalue weighted by atomic mass is 32.2. The van der Waals surface area contributed by atoms with Crippen molar-refractivity contribution >= 4 is 78.0 Å². The molecule has 2 atom stereocenters. The molecule has 2 heterocycles. The number of anilines is 2. The molecule has 0 saturated heterocycles. The lowest BCUT2D eigenvalue weighted by Gasteiger charge is -2.22. The minimum atomic E-state index is 0.196. The third kappa shape index (κ3) is 6.59. The molecule has 0 bridgehead atoms. The van der Waals surface area contributed by atoms with Crippen molar-refractivity contribution in [1.29, 1.82) is 0 Å². The fourth-order valence-corrected chi connectivity index (χ4v) is 12.6. The molecule has 308 valence electrons. The summed E-state index contributed by atoms with van der Waals surface area (Å²) in [6.07, 6.45) is 0. The van der Waals surface area contributed by atoms with E-state index in [1.807, 2.05) is 23.5 Å². The van der Waals surface area contributed by atoms with Gasteiger partial charge >= 0.3 is 0 Å². The van der Waals surface area contributed by atoms with Crippen molar-refractivity contribution < 1.29 is 0 Å². The quantitative estimate of drug-likeness (QED) is 0.167. The van der Waals surface area contributed by atoms with Crippen molar-refractivity contribution in [2.75, 3.05) is 17.3 Å². The molecule has 4 heteroatoms. The van der Waals surface area contributed by atoms with Crippen molar-refractivity contribution in [3.8, 4) is 44.5 Å². The van der Waals surface area contributed by atoms with Crippen LogP contribution in [0.1, 0.15) is 21.9 Å². The van der Waals surface area contributed by atoms with Crippen LogP contribution in [-0.4, -0.2) is 7.05 Å². The van der Waals surface area contributed by atoms with E-state index in [4.69, 9.17) is 0 Å². The van der Waals surface area contributed by atoms with Gasteiger partial charge in [0.25, 0.3) is 0 Å². The van der Waals surface area contributed by atoms with Crippen molar-refractivity contribution in [2.45, 2.75) is 20.5 Å². The Morgan fingerprint density at radius 3 is 1.42 bits per heavy atom. The van der Waals surface area contributed by atoms with Crippen LogP contribution in [0.4, 0.5) is 11.4 Å². The molecule has 2 aliphatic rings. The molecule has 13 rings (SSSR count). The molecule has 2 unspecified atom stereocenters. The minimum absolute atomic E-state index is 0.196. The van der Waals surface area contributed by atoms with Gasteiger partial charge in [0.05, 0.1) is 5.69 Å². The van der Waals surface area contributed by atoms with E-state index >= 15 is 0 Å². The molecule has 1 N–H and O–H groups in total. The Balaban J connectivity index is 0.992. The van der Waals surface area contributed by atoms with Crippen LogP contribution in [0, 0.1) is 0 Å². The van der Waals surface area contributed by atoms with Gasteiger partial charge in [0.15, 0.2) is 0 Å². The molecule has 0 amide bonds. The van der Waals surface area contributed by atoms with Gasteiger partial charge in [0, 0.05) is 22.5 Å². The first-order chi connectivity index (χ1) is 32.1. The number of benzene rings is 11. The summed E-state index contributed by atoms with van der Waals surface area (Å²) in [5, 5.41) is 14.1. The molecule has 0 fully saturated rings. The molecule has 2 nitrogen and oxygen atoms in total. The number of nitrogens with one attached hydrogen (secondary N) is 1. The first kappa shape index (κ1) is 38.2. The summed E-state index contributed by atoms with van der Waals surface area (Å²) in [6.45, 7) is 0. The van der Waals surface area contributed by atoms with Crippen molar-refractivity contribution in [2.24, 2.45) is 0 Å². The second kappa shape index (κ2) is 15.5. The third-order valence-electron chi connectivity index (χ3n) is 13.5. The lowest BCUT2D eigenvalue weighted by molar-refractivity contribution is 0.914. The first-order valence-electron chi connectivity index (χ1n) is 22.3. The van der Waals surface area contributed by atoms with E-state index in [9.17, 15) is 0 Å². The normalized spacial score (nSPS) is 15.4. The van der Waals surface area contributed by atoms with Crippen molar-refractivity contribution in [3.05, 3.63) is 230 Å². The summed E-state index contributed by atoms with van der Waals surface area (Å²) in [5.41, 5.74) is 14.9. The Bertz CT molecular complexity index is 3650. The number of thioether (sulfide) groups is 2. The largest absolute Gasteiger partial charge is 0.368 e. The summed E-state index contributed by atoms with van der Waals surface area (Å²) in [4.78, 5) is 5.03. The summed E-state index contributed by atoms with van der Waals surface area (Å²) < 4.78 is 0. The van der Waals surface area contributed by atoms with Gasteiger partial charge in [0.2, 0.25) is 0 Å². The number of nitrogens with zero attached hydrogens (tertiary/aromatic N) is 1. The molecule has 0 spiro atoms. The lowest BCUT2D eigenvalue weighted by Crippen LogP contribution is -2.16. The molecule has 11 aromatic rings. The molecule has 2 aliphatic heterocycles. The van der Waals surface area contributed by atoms with Crippen LogP contribution in [0.15, 0.2) is 228 Å². The maximum Gasteiger partial charge on any atom is 0.105 e. The van der Waals surface area contributed by atoms with Crippen LogP contribution in [0.5, 0.6) is 0 Å². The van der Waals surface area contributed by atoms with Gasteiger partial charge in [-0.05, 0) is 147 Å². The molecule has 0 saturated carbocycles. The van der Waals surface area contributed by atoms with Gasteiger partial charge in [-0.25, -0.2) is 0 Å². The molecular formula is C61H42N2S2. The Morgan fingerprint density at radius 2 is 0.846 bits per heavy atom. The van der Waals surface area contributed by atoms with Gasteiger partial charge in [-0.15, -0.1) is 0 Å². The number of para-hydroxylation sites is 2. The maximum atomic E-state index is 3.72. The number of rotatable bonds is 6. The topological polar surface area (TPSA) is 15.3 Å². The first-order valence-corrected chi connectivity index (χ1v) is 24.1. The Hall–Kier alpha value is -7.24. The predicted octanol–water partition coefficient (Wildman–Crippen LogP) is 17.4. The van der Waals surface area contributed by atoms with Gasteiger partial charge < -0.3 is 10.2 Å². The lowest BCUT2D eigenvalue weighted by atomic mass is 9.83. The number of hydrogen-bond donors (Lipinski definition) is 1. The van der Waals surface area contributed by atoms with E-state index in [-0.39, 0.29) is 10.7 Å². The fourth-order valence-electron chi connectivity index (χ4n) is 10.2. The van der Waals surface area contributed by atoms with E-state index in [1.54, 1.807) is 0 Å². The Kier molecular flexibility index (Phi) is 9.11. The van der Waals surface area contributed by atoms with E-state index < -0.39 is 0 Å². The predicted molar refractivity (Wildman–Crippen MR) is 280 cm³/mol. The van der Waals surface area contributed by atoms with Gasteiger partial charge in [0.1, 0.15) is 10.7 Å². The van der Waals surface area contributed by atoms with Crippen LogP contribution >= 0.6 is 23.5 Å². The SMILES string of the molecule is CN1c2ccccc2SC1c1ccc(-c2ccc3c(-c4ccc5ccccc5c4)c4cc(-c5ccc(C6Nc7ccccc7S6)cc5)ccc4c(-c4ccc5ccccc5c4)c3c2)cc1. The molecular weight excluding hydrogens is 825 g/mol. The summed E-state index contributed by atoms with van der Waals surface area (Å²) >= 11 is 3.81. The Labute approximate surface area is 387 Å². The van der Waals surface area contributed by atoms with Crippen LogP contribution in [0.3, 0.4) is 0 Å². The second-order valence-electron chi connectivity index (χ2n) is 17.3. The molecule has 0 aromatic heterocycles. The van der Waals surface area contributed by atoms with Crippen molar-refractivity contribution in [3.63, 3.8) is 0 Å². The smallest absolute Gasteiger partial charge is 0.105 e. The molecule has 65 heavy (non-hydrogen) atoms. The summed E-state index contributed by atoms with van der Waals surface area (Å²) in [5.74, 6) is 0. The monoisotopic (exact) mass is 866 g/mol. The highest BCUT2D eigenvalue weighted by molar-refractivity contribution is 8.00. The van der Waals surface area contributed by atoms with Crippen molar-refractivity contribution in [1.82, 2.24) is 0 Å². The number of hydrogen-bond acceptors (Lipinski definition) is 4. The van der Waals surface area contributed by atoms with Gasteiger partial charge in [-0.2, -0.15) is 0 Å². The highest BCUT2D eigenvalue weighted by Gasteiger charge is 2.28. The second-order valence-corrected chi connectivity index (χ2v) is 19.6. The molecule has 11 aromatic carbocycles. The molecule has 0 aliphatic carbocycles. The van der Waals surface area contributed by atoms with Gasteiger partial charge in [-0.1, -0.05) is 193 Å². The average Bonchev–Trinajstić information content (AvgIpc) is 3.96.